The Balaban J connectivity index is 1.68. The summed E-state index contributed by atoms with van der Waals surface area (Å²) in [6.07, 6.45) is 2.13. The number of aryl methyl sites for hydroxylation is 2. The first kappa shape index (κ1) is 20.1. The second kappa shape index (κ2) is 7.94. The Morgan fingerprint density at radius 2 is 1.87 bits per heavy atom. The molecule has 4 heteroatoms. The van der Waals surface area contributed by atoms with E-state index < -0.39 is 0 Å². The molecule has 4 rings (SSSR count). The van der Waals surface area contributed by atoms with Gasteiger partial charge in [0.05, 0.1) is 16.9 Å². The van der Waals surface area contributed by atoms with Gasteiger partial charge < -0.3 is 10.3 Å². The maximum atomic E-state index is 12.3. The number of nitrogens with zero attached hydrogens (tertiary/aromatic N) is 1. The highest BCUT2D eigenvalue weighted by Crippen LogP contribution is 2.32. The summed E-state index contributed by atoms with van der Waals surface area (Å²) in [7, 11) is 0. The van der Waals surface area contributed by atoms with Crippen LogP contribution in [0.1, 0.15) is 44.7 Å². The number of para-hydroxylation sites is 1. The molecule has 0 aliphatic rings. The van der Waals surface area contributed by atoms with Crippen molar-refractivity contribution in [1.29, 1.82) is 0 Å². The molecule has 0 fully saturated rings. The van der Waals surface area contributed by atoms with Crippen LogP contribution < -0.4 is 5.32 Å². The summed E-state index contributed by atoms with van der Waals surface area (Å²) in [6, 6.07) is 18.8. The molecule has 30 heavy (non-hydrogen) atoms. The van der Waals surface area contributed by atoms with Crippen LogP contribution in [0.4, 0.5) is 0 Å². The van der Waals surface area contributed by atoms with Crippen molar-refractivity contribution in [3.05, 3.63) is 65.7 Å². The van der Waals surface area contributed by atoms with Crippen LogP contribution in [0, 0.1) is 6.92 Å². The van der Waals surface area contributed by atoms with Crippen molar-refractivity contribution >= 4 is 27.7 Å². The van der Waals surface area contributed by atoms with Crippen molar-refractivity contribution in [2.24, 2.45) is 0 Å². The third-order valence-corrected chi connectivity index (χ3v) is 5.26. The number of carbonyl (C=O) groups is 1. The number of carbonyl (C=O) groups excluding carboxylic acids is 1. The Morgan fingerprint density at radius 3 is 2.67 bits per heavy atom. The fraction of sp³-hybridized carbons (Fsp3) is 0.308. The van der Waals surface area contributed by atoms with Crippen LogP contribution in [0.15, 0.2) is 54.6 Å². The molecule has 0 radical (unpaired) electrons. The minimum Gasteiger partial charge on any atom is -0.353 e. The largest absolute Gasteiger partial charge is 0.353 e. The Morgan fingerprint density at radius 1 is 1.07 bits per heavy atom. The normalized spacial score (nSPS) is 11.9. The van der Waals surface area contributed by atoms with Crippen molar-refractivity contribution in [1.82, 2.24) is 15.3 Å². The first-order chi connectivity index (χ1) is 14.3. The molecule has 1 amide bonds. The van der Waals surface area contributed by atoms with Gasteiger partial charge in [0, 0.05) is 28.2 Å². The highest BCUT2D eigenvalue weighted by Gasteiger charge is 2.17. The van der Waals surface area contributed by atoms with Crippen LogP contribution in [0.3, 0.4) is 0 Å². The minimum absolute atomic E-state index is 0.101. The zero-order valence-electron chi connectivity index (χ0n) is 18.2. The number of fused-ring (bicyclic) bond motifs is 2. The predicted octanol–water partition coefficient (Wildman–Crippen LogP) is 5.93. The average Bonchev–Trinajstić information content (AvgIpc) is 3.04. The summed E-state index contributed by atoms with van der Waals surface area (Å²) in [4.78, 5) is 20.8. The van der Waals surface area contributed by atoms with Crippen LogP contribution in [0.5, 0.6) is 0 Å². The number of hydrogen-bond donors (Lipinski definition) is 2. The highest BCUT2D eigenvalue weighted by atomic mass is 16.1. The summed E-state index contributed by atoms with van der Waals surface area (Å²) >= 11 is 0. The number of benzene rings is 2. The summed E-state index contributed by atoms with van der Waals surface area (Å²) in [5.74, 6) is 0.101. The molecule has 0 spiro atoms. The van der Waals surface area contributed by atoms with Gasteiger partial charge in [-0.15, -0.1) is 0 Å². The third kappa shape index (κ3) is 4.38. The van der Waals surface area contributed by atoms with Gasteiger partial charge in [0.25, 0.3) is 0 Å². The van der Waals surface area contributed by atoms with Gasteiger partial charge >= 0.3 is 0 Å². The third-order valence-electron chi connectivity index (χ3n) is 5.26. The summed E-state index contributed by atoms with van der Waals surface area (Å²) in [5, 5.41) is 5.40. The predicted molar refractivity (Wildman–Crippen MR) is 125 cm³/mol. The molecule has 0 saturated heterocycles. The van der Waals surface area contributed by atoms with Crippen LogP contribution >= 0.6 is 0 Å². The average molecular weight is 400 g/mol. The molecule has 2 aromatic heterocycles. The Hall–Kier alpha value is -3.14. The van der Waals surface area contributed by atoms with Gasteiger partial charge in [0.15, 0.2) is 0 Å². The molecule has 0 aliphatic carbocycles. The van der Waals surface area contributed by atoms with Crippen LogP contribution in [-0.2, 0) is 11.2 Å². The number of rotatable bonds is 5. The number of nitrogens with one attached hydrogen (secondary N) is 2. The molecule has 2 aromatic carbocycles. The molecular weight excluding hydrogens is 370 g/mol. The molecular formula is C26H29N3O. The summed E-state index contributed by atoms with van der Waals surface area (Å²) < 4.78 is 0. The van der Waals surface area contributed by atoms with Crippen molar-refractivity contribution in [3.63, 3.8) is 0 Å². The van der Waals surface area contributed by atoms with Gasteiger partial charge in [0.1, 0.15) is 0 Å². The van der Waals surface area contributed by atoms with E-state index in [4.69, 9.17) is 4.98 Å². The number of aromatic nitrogens is 2. The molecule has 4 aromatic rings. The van der Waals surface area contributed by atoms with Crippen LogP contribution in [0.25, 0.3) is 33.2 Å². The van der Waals surface area contributed by atoms with E-state index in [0.717, 1.165) is 40.6 Å². The molecule has 0 saturated carbocycles. The maximum Gasteiger partial charge on any atom is 0.220 e. The second-order valence-electron chi connectivity index (χ2n) is 9.07. The lowest BCUT2D eigenvalue weighted by Gasteiger charge is -2.20. The van der Waals surface area contributed by atoms with Gasteiger partial charge in [0.2, 0.25) is 5.91 Å². The number of amides is 1. The number of aromatic amines is 1. The summed E-state index contributed by atoms with van der Waals surface area (Å²) in [6.45, 7) is 8.14. The van der Waals surface area contributed by atoms with Crippen molar-refractivity contribution in [2.75, 3.05) is 0 Å². The zero-order chi connectivity index (χ0) is 21.3. The van der Waals surface area contributed by atoms with Gasteiger partial charge in [-0.3, -0.25) is 4.79 Å². The van der Waals surface area contributed by atoms with E-state index in [-0.39, 0.29) is 11.4 Å². The standard InChI is InChI=1S/C26H29N3O/c1-17-12-14-22-20(16-17)19(9-7-11-24(30)29-26(2,3)4)25(28-22)23-15-13-18-8-5-6-10-21(18)27-23/h5-6,8,10,12-16,28H,7,9,11H2,1-4H3,(H,29,30). The molecule has 4 nitrogen and oxygen atoms in total. The van der Waals surface area contributed by atoms with Crippen LogP contribution in [0.2, 0.25) is 0 Å². The van der Waals surface area contributed by atoms with Crippen molar-refractivity contribution in [3.8, 4) is 11.4 Å². The molecule has 154 valence electrons. The van der Waals surface area contributed by atoms with E-state index in [1.54, 1.807) is 0 Å². The van der Waals surface area contributed by atoms with E-state index >= 15 is 0 Å². The van der Waals surface area contributed by atoms with Gasteiger partial charge in [-0.25, -0.2) is 4.98 Å². The number of pyridine rings is 1. The Bertz CT molecular complexity index is 1210. The smallest absolute Gasteiger partial charge is 0.220 e. The topological polar surface area (TPSA) is 57.8 Å². The van der Waals surface area contributed by atoms with E-state index in [0.29, 0.717) is 6.42 Å². The van der Waals surface area contributed by atoms with E-state index in [1.807, 2.05) is 39.0 Å². The lowest BCUT2D eigenvalue weighted by molar-refractivity contribution is -0.122. The quantitative estimate of drug-likeness (QED) is 0.437. The van der Waals surface area contributed by atoms with Crippen molar-refractivity contribution < 1.29 is 4.79 Å². The van der Waals surface area contributed by atoms with E-state index in [9.17, 15) is 4.79 Å². The lowest BCUT2D eigenvalue weighted by atomic mass is 10.0. The molecule has 0 atom stereocenters. The molecule has 0 bridgehead atoms. The summed E-state index contributed by atoms with van der Waals surface area (Å²) in [5.41, 5.74) is 6.36. The highest BCUT2D eigenvalue weighted by molar-refractivity contribution is 5.92. The van der Waals surface area contributed by atoms with Gasteiger partial charge in [-0.1, -0.05) is 35.9 Å². The monoisotopic (exact) mass is 399 g/mol. The fourth-order valence-corrected chi connectivity index (χ4v) is 3.95. The van der Waals surface area contributed by atoms with Gasteiger partial charge in [-0.2, -0.15) is 0 Å². The maximum absolute atomic E-state index is 12.3. The molecule has 0 aliphatic heterocycles. The Labute approximate surface area is 177 Å². The first-order valence-corrected chi connectivity index (χ1v) is 10.6. The second-order valence-corrected chi connectivity index (χ2v) is 9.07. The fourth-order valence-electron chi connectivity index (χ4n) is 3.95. The number of hydrogen-bond acceptors (Lipinski definition) is 2. The molecule has 2 heterocycles. The Kier molecular flexibility index (Phi) is 5.33. The van der Waals surface area contributed by atoms with Crippen LogP contribution in [-0.4, -0.2) is 21.4 Å². The molecule has 0 unspecified atom stereocenters. The minimum atomic E-state index is -0.199. The number of H-pyrrole nitrogens is 1. The zero-order valence-corrected chi connectivity index (χ0v) is 18.2. The first-order valence-electron chi connectivity index (χ1n) is 10.6. The van der Waals surface area contributed by atoms with Crippen molar-refractivity contribution in [2.45, 2.75) is 52.5 Å². The lowest BCUT2D eigenvalue weighted by Crippen LogP contribution is -2.40. The molecule has 2 N–H and O–H groups in total. The van der Waals surface area contributed by atoms with Gasteiger partial charge in [-0.05, 0) is 70.4 Å². The SMILES string of the molecule is Cc1ccc2[nH]c(-c3ccc4ccccc4n3)c(CCCC(=O)NC(C)(C)C)c2c1. The van der Waals surface area contributed by atoms with E-state index in [1.165, 1.54) is 16.5 Å². The van der Waals surface area contributed by atoms with E-state index in [2.05, 4.69) is 53.6 Å².